The molecule has 2 aromatic rings. The van der Waals surface area contributed by atoms with Gasteiger partial charge in [0.05, 0.1) is 5.56 Å². The molecule has 1 aliphatic heterocycles. The van der Waals surface area contributed by atoms with Crippen molar-refractivity contribution in [1.82, 2.24) is 15.5 Å². The first-order valence-corrected chi connectivity index (χ1v) is 9.78. The monoisotopic (exact) mass is 423 g/mol. The van der Waals surface area contributed by atoms with Crippen molar-refractivity contribution < 1.29 is 9.53 Å². The summed E-state index contributed by atoms with van der Waals surface area (Å²) in [7, 11) is 0. The lowest BCUT2D eigenvalue weighted by Gasteiger charge is -2.27. The fourth-order valence-electron chi connectivity index (χ4n) is 3.09. The molecule has 0 aromatic heterocycles. The van der Waals surface area contributed by atoms with E-state index in [1.54, 1.807) is 6.07 Å². The quantitative estimate of drug-likeness (QED) is 0.639. The summed E-state index contributed by atoms with van der Waals surface area (Å²) in [5.74, 6) is 0.460. The van der Waals surface area contributed by atoms with Crippen LogP contribution in [0.15, 0.2) is 48.5 Å². The van der Waals surface area contributed by atoms with E-state index in [9.17, 15) is 4.79 Å². The third-order valence-electron chi connectivity index (χ3n) is 4.62. The van der Waals surface area contributed by atoms with Gasteiger partial charge in [0.2, 0.25) is 0 Å². The molecule has 0 atom stereocenters. The van der Waals surface area contributed by atoms with Gasteiger partial charge in [-0.2, -0.15) is 0 Å². The van der Waals surface area contributed by atoms with E-state index in [0.717, 1.165) is 44.7 Å². The van der Waals surface area contributed by atoms with E-state index in [-0.39, 0.29) is 18.3 Å². The van der Waals surface area contributed by atoms with Gasteiger partial charge in [0, 0.05) is 43.3 Å². The topological polar surface area (TPSA) is 53.6 Å². The number of carbonyl (C=O) groups excluding carboxylic acids is 1. The van der Waals surface area contributed by atoms with Crippen molar-refractivity contribution in [3.05, 3.63) is 64.7 Å². The summed E-state index contributed by atoms with van der Waals surface area (Å²) in [6, 6.07) is 14.9. The van der Waals surface area contributed by atoms with Gasteiger partial charge in [-0.15, -0.1) is 12.4 Å². The first-order chi connectivity index (χ1) is 13.2. The Labute approximate surface area is 177 Å². The van der Waals surface area contributed by atoms with Crippen LogP contribution < -0.4 is 15.4 Å². The number of carbonyl (C=O) groups is 1. The Morgan fingerprint density at radius 2 is 1.82 bits per heavy atom. The number of ether oxygens (including phenoxy) is 1. The lowest BCUT2D eigenvalue weighted by molar-refractivity contribution is 0.0946. The summed E-state index contributed by atoms with van der Waals surface area (Å²) in [5, 5.41) is 7.01. The average Bonchev–Trinajstić information content (AvgIpc) is 2.71. The minimum absolute atomic E-state index is 0. The first kappa shape index (κ1) is 22.5. The maximum absolute atomic E-state index is 12.6. The molecule has 0 bridgehead atoms. The summed E-state index contributed by atoms with van der Waals surface area (Å²) in [6.45, 7) is 6.23. The molecule has 2 N–H and O–H groups in total. The highest BCUT2D eigenvalue weighted by Gasteiger charge is 2.13. The number of hydrogen-bond acceptors (Lipinski definition) is 4. The van der Waals surface area contributed by atoms with E-state index in [0.29, 0.717) is 29.5 Å². The Morgan fingerprint density at radius 3 is 2.61 bits per heavy atom. The van der Waals surface area contributed by atoms with Crippen molar-refractivity contribution in [3.8, 4) is 5.75 Å². The zero-order chi connectivity index (χ0) is 18.9. The van der Waals surface area contributed by atoms with Gasteiger partial charge < -0.3 is 20.3 Å². The van der Waals surface area contributed by atoms with Crippen LogP contribution in [0.4, 0.5) is 0 Å². The zero-order valence-electron chi connectivity index (χ0n) is 15.8. The lowest BCUT2D eigenvalue weighted by Crippen LogP contribution is -2.44. The zero-order valence-corrected chi connectivity index (χ0v) is 17.4. The number of halogens is 2. The normalized spacial score (nSPS) is 14.2. The number of benzene rings is 2. The molecule has 1 aliphatic rings. The van der Waals surface area contributed by atoms with E-state index in [4.69, 9.17) is 16.3 Å². The minimum atomic E-state index is -0.106. The van der Waals surface area contributed by atoms with Crippen molar-refractivity contribution in [1.29, 1.82) is 0 Å². The Kier molecular flexibility index (Phi) is 9.58. The van der Waals surface area contributed by atoms with Crippen LogP contribution in [-0.2, 0) is 6.61 Å². The summed E-state index contributed by atoms with van der Waals surface area (Å²) < 4.78 is 5.87. The van der Waals surface area contributed by atoms with Gasteiger partial charge >= 0.3 is 0 Å². The van der Waals surface area contributed by atoms with Gasteiger partial charge in [0.15, 0.2) is 0 Å². The molecule has 5 nitrogen and oxygen atoms in total. The number of nitrogens with zero attached hydrogens (tertiary/aromatic N) is 1. The second kappa shape index (κ2) is 11.9. The standard InChI is InChI=1S/C21H26ClN3O2.ClH/c22-19-8-3-1-6-17(19)16-27-20-9-4-2-7-18(20)21(26)24-10-5-13-25-14-11-23-12-15-25;/h1-4,6-9,23H,5,10-16H2,(H,24,26);1H. The Bertz CT molecular complexity index is 752. The summed E-state index contributed by atoms with van der Waals surface area (Å²) in [6.07, 6.45) is 0.939. The first-order valence-electron chi connectivity index (χ1n) is 9.40. The third kappa shape index (κ3) is 6.67. The van der Waals surface area contributed by atoms with Crippen molar-refractivity contribution >= 4 is 29.9 Å². The van der Waals surface area contributed by atoms with E-state index in [1.165, 1.54) is 0 Å². The van der Waals surface area contributed by atoms with Crippen molar-refractivity contribution in [2.24, 2.45) is 0 Å². The molecule has 152 valence electrons. The molecule has 0 aliphatic carbocycles. The van der Waals surface area contributed by atoms with Gasteiger partial charge in [0.1, 0.15) is 12.4 Å². The Morgan fingerprint density at radius 1 is 1.11 bits per heavy atom. The molecule has 1 heterocycles. The van der Waals surface area contributed by atoms with E-state index >= 15 is 0 Å². The smallest absolute Gasteiger partial charge is 0.255 e. The highest BCUT2D eigenvalue weighted by Crippen LogP contribution is 2.22. The summed E-state index contributed by atoms with van der Waals surface area (Å²) in [5.41, 5.74) is 1.44. The van der Waals surface area contributed by atoms with E-state index in [1.807, 2.05) is 42.5 Å². The molecule has 0 radical (unpaired) electrons. The van der Waals surface area contributed by atoms with Gasteiger partial charge in [0.25, 0.3) is 5.91 Å². The number of amides is 1. The van der Waals surface area contributed by atoms with Crippen molar-refractivity contribution in [2.75, 3.05) is 39.3 Å². The highest BCUT2D eigenvalue weighted by molar-refractivity contribution is 6.31. The molecule has 1 fully saturated rings. The molecule has 0 spiro atoms. The molecule has 1 amide bonds. The Hall–Kier alpha value is -1.79. The minimum Gasteiger partial charge on any atom is -0.488 e. The predicted molar refractivity (Wildman–Crippen MR) is 116 cm³/mol. The highest BCUT2D eigenvalue weighted by atomic mass is 35.5. The maximum atomic E-state index is 12.6. The molecular weight excluding hydrogens is 397 g/mol. The second-order valence-corrected chi connectivity index (χ2v) is 6.98. The average molecular weight is 424 g/mol. The second-order valence-electron chi connectivity index (χ2n) is 6.58. The molecule has 0 unspecified atom stereocenters. The van der Waals surface area contributed by atoms with Crippen LogP contribution in [0.5, 0.6) is 5.75 Å². The van der Waals surface area contributed by atoms with Gasteiger partial charge in [-0.1, -0.05) is 41.9 Å². The maximum Gasteiger partial charge on any atom is 0.255 e. The fourth-order valence-corrected chi connectivity index (χ4v) is 3.28. The van der Waals surface area contributed by atoms with Crippen LogP contribution in [0, 0.1) is 0 Å². The van der Waals surface area contributed by atoms with Crippen LogP contribution in [0.2, 0.25) is 5.02 Å². The number of nitrogens with one attached hydrogen (secondary N) is 2. The van der Waals surface area contributed by atoms with Gasteiger partial charge in [-0.3, -0.25) is 4.79 Å². The van der Waals surface area contributed by atoms with E-state index < -0.39 is 0 Å². The molecule has 7 heteroatoms. The van der Waals surface area contributed by atoms with Crippen LogP contribution in [-0.4, -0.2) is 50.1 Å². The number of rotatable bonds is 8. The van der Waals surface area contributed by atoms with E-state index in [2.05, 4.69) is 15.5 Å². The number of para-hydroxylation sites is 1. The fraction of sp³-hybridized carbons (Fsp3) is 0.381. The molecule has 2 aromatic carbocycles. The predicted octanol–water partition coefficient (Wildman–Crippen LogP) is 3.37. The van der Waals surface area contributed by atoms with Crippen LogP contribution in [0.25, 0.3) is 0 Å². The molecular formula is C21H27Cl2N3O2. The third-order valence-corrected chi connectivity index (χ3v) is 4.99. The number of hydrogen-bond donors (Lipinski definition) is 2. The van der Waals surface area contributed by atoms with Crippen molar-refractivity contribution in [2.45, 2.75) is 13.0 Å². The summed E-state index contributed by atoms with van der Waals surface area (Å²) in [4.78, 5) is 15.0. The van der Waals surface area contributed by atoms with Crippen LogP contribution in [0.1, 0.15) is 22.3 Å². The van der Waals surface area contributed by atoms with Crippen LogP contribution in [0.3, 0.4) is 0 Å². The summed E-state index contributed by atoms with van der Waals surface area (Å²) >= 11 is 6.17. The molecule has 1 saturated heterocycles. The Balaban J connectivity index is 0.00000280. The van der Waals surface area contributed by atoms with Gasteiger partial charge in [-0.05, 0) is 31.2 Å². The van der Waals surface area contributed by atoms with Crippen LogP contribution >= 0.6 is 24.0 Å². The SMILES string of the molecule is Cl.O=C(NCCCN1CCNCC1)c1ccccc1OCc1ccccc1Cl. The number of piperazine rings is 1. The van der Waals surface area contributed by atoms with Gasteiger partial charge in [-0.25, -0.2) is 0 Å². The molecule has 0 saturated carbocycles. The molecule has 28 heavy (non-hydrogen) atoms. The largest absolute Gasteiger partial charge is 0.488 e. The van der Waals surface area contributed by atoms with Crippen molar-refractivity contribution in [3.63, 3.8) is 0 Å². The lowest BCUT2D eigenvalue weighted by atomic mass is 10.2. The molecule has 3 rings (SSSR count).